The first-order valence-corrected chi connectivity index (χ1v) is 20.3. The molecule has 0 aliphatic rings. The van der Waals surface area contributed by atoms with Crippen molar-refractivity contribution in [3.63, 3.8) is 0 Å². The molecule has 0 unspecified atom stereocenters. The van der Waals surface area contributed by atoms with Gasteiger partial charge in [0.15, 0.2) is 17.5 Å². The van der Waals surface area contributed by atoms with Crippen molar-refractivity contribution in [1.29, 1.82) is 0 Å². The highest BCUT2D eigenvalue weighted by atomic mass is 32.1. The first kappa shape index (κ1) is 32.6. The molecule has 0 saturated heterocycles. The highest BCUT2D eigenvalue weighted by Gasteiger charge is 2.18. The molecule has 262 valence electrons. The largest absolute Gasteiger partial charge is 0.208 e. The summed E-state index contributed by atoms with van der Waals surface area (Å²) in [6.07, 6.45) is 0. The van der Waals surface area contributed by atoms with Crippen molar-refractivity contribution in [3.8, 4) is 67.5 Å². The Morgan fingerprint density at radius 3 is 1.32 bits per heavy atom. The van der Waals surface area contributed by atoms with Crippen LogP contribution in [-0.4, -0.2) is 15.0 Å². The Morgan fingerprint density at radius 2 is 0.679 bits per heavy atom. The lowest BCUT2D eigenvalue weighted by molar-refractivity contribution is 1.07. The molecular formula is C51H31N3S2. The highest BCUT2D eigenvalue weighted by Crippen LogP contribution is 2.46. The molecule has 3 heterocycles. The number of nitrogens with zero attached hydrogens (tertiary/aromatic N) is 3. The summed E-state index contributed by atoms with van der Waals surface area (Å²) < 4.78 is 5.12. The first-order chi connectivity index (χ1) is 27.7. The van der Waals surface area contributed by atoms with Crippen LogP contribution in [0.5, 0.6) is 0 Å². The average molecular weight is 750 g/mol. The van der Waals surface area contributed by atoms with Crippen LogP contribution in [0.2, 0.25) is 0 Å². The van der Waals surface area contributed by atoms with Crippen molar-refractivity contribution < 1.29 is 0 Å². The Balaban J connectivity index is 1.03. The molecule has 0 radical (unpaired) electrons. The predicted octanol–water partition coefficient (Wildman–Crippen LogP) is 14.6. The number of thiophene rings is 2. The number of fused-ring (bicyclic) bond motifs is 6. The zero-order valence-electron chi connectivity index (χ0n) is 30.1. The normalized spacial score (nSPS) is 11.6. The molecule has 0 aliphatic carbocycles. The van der Waals surface area contributed by atoms with E-state index >= 15 is 0 Å². The van der Waals surface area contributed by atoms with E-state index in [4.69, 9.17) is 15.0 Å². The third-order valence-electron chi connectivity index (χ3n) is 10.6. The van der Waals surface area contributed by atoms with E-state index in [1.807, 2.05) is 46.9 Å². The number of benzene rings is 8. The molecule has 0 aliphatic heterocycles. The molecule has 3 nitrogen and oxygen atoms in total. The molecule has 11 rings (SSSR count). The lowest BCUT2D eigenvalue weighted by Gasteiger charge is -2.12. The minimum atomic E-state index is 0.650. The topological polar surface area (TPSA) is 38.7 Å². The fourth-order valence-corrected chi connectivity index (χ4v) is 10.4. The van der Waals surface area contributed by atoms with E-state index in [9.17, 15) is 0 Å². The molecule has 0 spiro atoms. The SMILES string of the molecule is c1ccc(-c2ccc(-c3nc(-c4ccccc4)nc(-c4ccc5c(c4)sc4c(-c6ccccc6-c6cccc7c6sc6ccccc67)cccc45)n3)cc2)cc1. The summed E-state index contributed by atoms with van der Waals surface area (Å²) in [4.78, 5) is 15.1. The molecule has 0 saturated carbocycles. The van der Waals surface area contributed by atoms with E-state index in [-0.39, 0.29) is 0 Å². The van der Waals surface area contributed by atoms with Gasteiger partial charge >= 0.3 is 0 Å². The van der Waals surface area contributed by atoms with E-state index in [0.717, 1.165) is 22.3 Å². The van der Waals surface area contributed by atoms with Gasteiger partial charge in [0.05, 0.1) is 0 Å². The summed E-state index contributed by atoms with van der Waals surface area (Å²) in [5.41, 5.74) is 10.2. The van der Waals surface area contributed by atoms with Crippen molar-refractivity contribution in [3.05, 3.63) is 188 Å². The molecule has 0 bridgehead atoms. The van der Waals surface area contributed by atoms with E-state index in [1.54, 1.807) is 0 Å². The molecule has 8 aromatic carbocycles. The summed E-state index contributed by atoms with van der Waals surface area (Å²) >= 11 is 3.71. The lowest BCUT2D eigenvalue weighted by atomic mass is 9.93. The van der Waals surface area contributed by atoms with Crippen LogP contribution in [0.4, 0.5) is 0 Å². The van der Waals surface area contributed by atoms with Crippen molar-refractivity contribution in [2.45, 2.75) is 0 Å². The van der Waals surface area contributed by atoms with Gasteiger partial charge in [-0.1, -0.05) is 176 Å². The summed E-state index contributed by atoms with van der Waals surface area (Å²) in [5.74, 6) is 1.96. The van der Waals surface area contributed by atoms with E-state index in [1.165, 1.54) is 68.2 Å². The summed E-state index contributed by atoms with van der Waals surface area (Å²) in [6, 6.07) is 66.8. The van der Waals surface area contributed by atoms with Gasteiger partial charge in [0.25, 0.3) is 0 Å². The van der Waals surface area contributed by atoms with E-state index in [2.05, 4.69) is 164 Å². The van der Waals surface area contributed by atoms with Gasteiger partial charge in [0.1, 0.15) is 0 Å². The van der Waals surface area contributed by atoms with Crippen LogP contribution in [-0.2, 0) is 0 Å². The maximum atomic E-state index is 5.10. The van der Waals surface area contributed by atoms with Gasteiger partial charge in [-0.3, -0.25) is 0 Å². The van der Waals surface area contributed by atoms with Crippen molar-refractivity contribution >= 4 is 63.0 Å². The summed E-state index contributed by atoms with van der Waals surface area (Å²) in [5, 5.41) is 5.11. The van der Waals surface area contributed by atoms with Crippen LogP contribution in [0.15, 0.2) is 188 Å². The number of hydrogen-bond donors (Lipinski definition) is 0. The van der Waals surface area contributed by atoms with Crippen molar-refractivity contribution in [1.82, 2.24) is 15.0 Å². The van der Waals surface area contributed by atoms with Gasteiger partial charge in [-0.15, -0.1) is 22.7 Å². The molecular weight excluding hydrogens is 719 g/mol. The van der Waals surface area contributed by atoms with Crippen LogP contribution in [0.1, 0.15) is 0 Å². The first-order valence-electron chi connectivity index (χ1n) is 18.7. The zero-order valence-corrected chi connectivity index (χ0v) is 31.7. The maximum Gasteiger partial charge on any atom is 0.164 e. The predicted molar refractivity (Wildman–Crippen MR) is 238 cm³/mol. The Labute approximate surface area is 331 Å². The molecule has 0 amide bonds. The second-order valence-electron chi connectivity index (χ2n) is 13.9. The molecule has 11 aromatic rings. The van der Waals surface area contributed by atoms with E-state index in [0.29, 0.717) is 17.5 Å². The molecule has 0 atom stereocenters. The average Bonchev–Trinajstić information content (AvgIpc) is 3.85. The van der Waals surface area contributed by atoms with Gasteiger partial charge in [-0.2, -0.15) is 0 Å². The quantitative estimate of drug-likeness (QED) is 0.170. The van der Waals surface area contributed by atoms with Crippen LogP contribution in [0.25, 0.3) is 108 Å². The van der Waals surface area contributed by atoms with E-state index < -0.39 is 0 Å². The van der Waals surface area contributed by atoms with Crippen molar-refractivity contribution in [2.24, 2.45) is 0 Å². The fourth-order valence-electron chi connectivity index (χ4n) is 7.85. The fraction of sp³-hybridized carbons (Fsp3) is 0. The van der Waals surface area contributed by atoms with Crippen molar-refractivity contribution in [2.75, 3.05) is 0 Å². The molecule has 3 aromatic heterocycles. The third-order valence-corrected chi connectivity index (χ3v) is 13.0. The monoisotopic (exact) mass is 749 g/mol. The van der Waals surface area contributed by atoms with Crippen LogP contribution in [0, 0.1) is 0 Å². The molecule has 0 N–H and O–H groups in total. The van der Waals surface area contributed by atoms with Gasteiger partial charge in [0.2, 0.25) is 0 Å². The van der Waals surface area contributed by atoms with Crippen LogP contribution < -0.4 is 0 Å². The van der Waals surface area contributed by atoms with Gasteiger partial charge in [0, 0.05) is 68.2 Å². The highest BCUT2D eigenvalue weighted by molar-refractivity contribution is 7.26. The number of aromatic nitrogens is 3. The molecule has 5 heteroatoms. The standard InChI is InChI=1S/C51H31N3S2/c1-3-13-32(14-4-1)33-25-27-35(28-26-33)50-52-49(34-15-5-2-6-16-34)53-51(54-50)36-29-30-40-44-23-12-21-42(48(44)56-46(40)31-36)38-18-8-7-17-37(38)41-20-11-22-43-39-19-9-10-24-45(39)55-47(41)43/h1-31H. The second kappa shape index (κ2) is 13.5. The smallest absolute Gasteiger partial charge is 0.164 e. The lowest BCUT2D eigenvalue weighted by Crippen LogP contribution is -2.00. The number of hydrogen-bond acceptors (Lipinski definition) is 5. The summed E-state index contributed by atoms with van der Waals surface area (Å²) in [6.45, 7) is 0. The third kappa shape index (κ3) is 5.60. The van der Waals surface area contributed by atoms with Gasteiger partial charge in [-0.25, -0.2) is 15.0 Å². The zero-order chi connectivity index (χ0) is 37.0. The Bertz CT molecular complexity index is 3240. The van der Waals surface area contributed by atoms with Crippen LogP contribution >= 0.6 is 22.7 Å². The van der Waals surface area contributed by atoms with Gasteiger partial charge < -0.3 is 0 Å². The Hall–Kier alpha value is -6.79. The van der Waals surface area contributed by atoms with Crippen LogP contribution in [0.3, 0.4) is 0 Å². The minimum absolute atomic E-state index is 0.650. The summed E-state index contributed by atoms with van der Waals surface area (Å²) in [7, 11) is 0. The van der Waals surface area contributed by atoms with Gasteiger partial charge in [-0.05, 0) is 34.4 Å². The Kier molecular flexibility index (Phi) is 7.87. The molecule has 56 heavy (non-hydrogen) atoms. The Morgan fingerprint density at radius 1 is 0.268 bits per heavy atom. The second-order valence-corrected chi connectivity index (χ2v) is 16.0. The minimum Gasteiger partial charge on any atom is -0.208 e. The maximum absolute atomic E-state index is 5.10. The molecule has 0 fully saturated rings. The number of rotatable bonds is 6.